The minimum atomic E-state index is -3.13. The van der Waals surface area contributed by atoms with E-state index in [1.807, 2.05) is 5.57 Å². The molecule has 0 N–H and O–H groups in total. The summed E-state index contributed by atoms with van der Waals surface area (Å²) in [5.74, 6) is 0.473. The Balaban J connectivity index is 0.00000235. The van der Waals surface area contributed by atoms with E-state index in [4.69, 9.17) is 0 Å². The van der Waals surface area contributed by atoms with Gasteiger partial charge in [-0.3, -0.25) is 0 Å². The maximum atomic E-state index is 2.84. The van der Waals surface area contributed by atoms with Gasteiger partial charge in [-0.1, -0.05) is 0 Å². The number of allylic oxidation sites excluding steroid dienone is 10. The van der Waals surface area contributed by atoms with Crippen molar-refractivity contribution in [1.29, 1.82) is 0 Å². The van der Waals surface area contributed by atoms with Crippen molar-refractivity contribution in [3.8, 4) is 0 Å². The van der Waals surface area contributed by atoms with Crippen LogP contribution >= 0.6 is 0 Å². The molecular formula is C55H56Cl2Zr. The molecule has 5 aliphatic carbocycles. The van der Waals surface area contributed by atoms with Crippen LogP contribution in [0.25, 0.3) is 27.1 Å². The van der Waals surface area contributed by atoms with E-state index in [1.165, 1.54) is 50.2 Å². The van der Waals surface area contributed by atoms with Crippen molar-refractivity contribution in [2.45, 2.75) is 81.4 Å². The second-order valence-corrected chi connectivity index (χ2v) is 26.8. The number of halogens is 2. The molecule has 58 heavy (non-hydrogen) atoms. The fraction of sp³-hybridized carbons (Fsp3) is 0.327. The van der Waals surface area contributed by atoms with Gasteiger partial charge in [0.1, 0.15) is 0 Å². The predicted octanol–water partition coefficient (Wildman–Crippen LogP) is 8.67. The van der Waals surface area contributed by atoms with E-state index >= 15 is 0 Å². The monoisotopic (exact) mass is 876 g/mol. The van der Waals surface area contributed by atoms with Crippen LogP contribution < -0.4 is 24.8 Å². The molecule has 3 unspecified atom stereocenters. The van der Waals surface area contributed by atoms with Crippen LogP contribution in [0.5, 0.6) is 0 Å². The van der Waals surface area contributed by atoms with Gasteiger partial charge in [-0.2, -0.15) is 0 Å². The van der Waals surface area contributed by atoms with Gasteiger partial charge in [0, 0.05) is 0 Å². The van der Waals surface area contributed by atoms with Crippen LogP contribution in [0.3, 0.4) is 0 Å². The summed E-state index contributed by atoms with van der Waals surface area (Å²) in [7, 11) is 0. The Morgan fingerprint density at radius 1 is 0.603 bits per heavy atom. The molecule has 3 atom stereocenters. The van der Waals surface area contributed by atoms with E-state index in [1.54, 1.807) is 19.9 Å². The number of hydrogen-bond donors (Lipinski definition) is 0. The average molecular weight is 879 g/mol. The summed E-state index contributed by atoms with van der Waals surface area (Å²) in [5.41, 5.74) is 12.5. The predicted molar refractivity (Wildman–Crippen MR) is 237 cm³/mol. The standard InChI is InChI=1S/C29H37.C21H14.C5H5.2ClH.Zr/c1-18-25-22-17-19-13-9-10-14-20(19)24(22)21-15-11-12-16-23(21)29(25,8)28(6,7)27(4,5)26(18,2)3;1-3-7-20-14-16(9-11-18(20)5-1)13-17-10-12-19-6-2-4-8-21(19)15-17;1-2-4-5-3-1;;;/h9-11,13-15,23H,12,16-17H2,1-8H3;1-12,14-15H;1-5H;2*1H;/q;;;;;+2/p-2. The smallest absolute Gasteiger partial charge is 1.00 e. The van der Waals surface area contributed by atoms with Crippen LogP contribution in [0.15, 0.2) is 162 Å². The van der Waals surface area contributed by atoms with Crippen LogP contribution in [-0.4, -0.2) is 3.21 Å². The molecule has 0 nitrogen and oxygen atoms in total. The Hall–Kier alpha value is -3.35. The summed E-state index contributed by atoms with van der Waals surface area (Å²) < 4.78 is 2.03. The number of rotatable bonds is 4. The summed E-state index contributed by atoms with van der Waals surface area (Å²) in [5, 5.41) is 5.29. The van der Waals surface area contributed by atoms with Crippen LogP contribution in [0.1, 0.15) is 90.5 Å². The molecule has 10 rings (SSSR count). The van der Waals surface area contributed by atoms with Gasteiger partial charge in [-0.25, -0.2) is 0 Å². The zero-order valence-corrected chi connectivity index (χ0v) is 39.4. The van der Waals surface area contributed by atoms with Crippen LogP contribution in [0, 0.1) is 27.6 Å². The Morgan fingerprint density at radius 3 is 1.76 bits per heavy atom. The summed E-state index contributed by atoms with van der Waals surface area (Å²) in [6, 6.07) is 42.3. The van der Waals surface area contributed by atoms with Gasteiger partial charge in [0.2, 0.25) is 0 Å². The average Bonchev–Trinajstić information content (AvgIpc) is 3.87. The molecule has 0 aliphatic heterocycles. The third-order valence-electron chi connectivity index (χ3n) is 17.2. The molecule has 0 radical (unpaired) electrons. The third kappa shape index (κ3) is 5.38. The molecule has 0 aromatic heterocycles. The first-order valence-corrected chi connectivity index (χ1v) is 25.0. The van der Waals surface area contributed by atoms with Gasteiger partial charge < -0.3 is 24.8 Å². The van der Waals surface area contributed by atoms with Crippen molar-refractivity contribution < 1.29 is 46.1 Å². The second-order valence-electron chi connectivity index (χ2n) is 19.5. The van der Waals surface area contributed by atoms with Gasteiger partial charge in [0.05, 0.1) is 0 Å². The van der Waals surface area contributed by atoms with E-state index in [0.717, 1.165) is 12.8 Å². The zero-order chi connectivity index (χ0) is 38.8. The van der Waals surface area contributed by atoms with Crippen molar-refractivity contribution in [3.63, 3.8) is 0 Å². The molecule has 294 valence electrons. The van der Waals surface area contributed by atoms with Crippen molar-refractivity contribution in [2.75, 3.05) is 0 Å². The largest absolute Gasteiger partial charge is 1.00 e. The van der Waals surface area contributed by atoms with Gasteiger partial charge in [-0.05, 0) is 0 Å². The molecule has 0 saturated heterocycles. The summed E-state index contributed by atoms with van der Waals surface area (Å²) in [6.07, 6.45) is 18.4. The summed E-state index contributed by atoms with van der Waals surface area (Å²) >= 11 is -3.13. The van der Waals surface area contributed by atoms with Gasteiger partial charge in [0.25, 0.3) is 0 Å². The van der Waals surface area contributed by atoms with Crippen molar-refractivity contribution in [3.05, 3.63) is 185 Å². The molecule has 5 aromatic carbocycles. The normalized spacial score (nSPS) is 25.6. The topological polar surface area (TPSA) is 0 Å². The van der Waals surface area contributed by atoms with Crippen LogP contribution in [0.4, 0.5) is 0 Å². The van der Waals surface area contributed by atoms with Crippen LogP contribution in [0.2, 0.25) is 6.75 Å². The molecule has 0 spiro atoms. The number of fused-ring (bicyclic) bond motifs is 8. The minimum absolute atomic E-state index is 0. The van der Waals surface area contributed by atoms with E-state index in [2.05, 4.69) is 201 Å². The first-order valence-electron chi connectivity index (χ1n) is 21.1. The van der Waals surface area contributed by atoms with E-state index < -0.39 is 21.3 Å². The Morgan fingerprint density at radius 2 is 1.16 bits per heavy atom. The van der Waals surface area contributed by atoms with E-state index in [-0.39, 0.29) is 49.6 Å². The molecule has 1 fully saturated rings. The number of benzene rings is 5. The van der Waals surface area contributed by atoms with Crippen molar-refractivity contribution in [1.82, 2.24) is 0 Å². The van der Waals surface area contributed by atoms with Crippen molar-refractivity contribution >= 4 is 30.3 Å². The number of hydrogen-bond acceptors (Lipinski definition) is 0. The van der Waals surface area contributed by atoms with Crippen molar-refractivity contribution in [2.24, 2.45) is 27.6 Å². The van der Waals surface area contributed by atoms with E-state index in [9.17, 15) is 0 Å². The van der Waals surface area contributed by atoms with Gasteiger partial charge in [-0.15, -0.1) is 0 Å². The zero-order valence-electron chi connectivity index (χ0n) is 35.4. The SMILES string of the molecule is CC12C(=C3Cc4ccccc4C3=C3C=CCCC31)[C](C)([Zr+2](=[C](c1ccc3ccccc3c1)c1ccc3ccccc3c1)[CH]1C=CC=C1)C(C)(C)C(C)(C)C2(C)C.[Cl-].[Cl-]. The molecule has 0 amide bonds. The Labute approximate surface area is 367 Å². The van der Waals surface area contributed by atoms with Gasteiger partial charge in [0.15, 0.2) is 0 Å². The fourth-order valence-electron chi connectivity index (χ4n) is 12.9. The second kappa shape index (κ2) is 14.4. The quantitative estimate of drug-likeness (QED) is 0.170. The third-order valence-corrected chi connectivity index (χ3v) is 27.3. The van der Waals surface area contributed by atoms with Gasteiger partial charge >= 0.3 is 345 Å². The molecule has 0 bridgehead atoms. The first kappa shape index (κ1) is 41.4. The molecule has 0 heterocycles. The Bertz CT molecular complexity index is 2600. The molecular weight excluding hydrogens is 823 g/mol. The fourth-order valence-corrected chi connectivity index (χ4v) is 24.5. The Kier molecular flexibility index (Phi) is 10.3. The molecule has 5 aromatic rings. The van der Waals surface area contributed by atoms with Crippen LogP contribution in [-0.2, 0) is 27.7 Å². The molecule has 5 aliphatic rings. The first-order chi connectivity index (χ1) is 26.8. The molecule has 1 saturated carbocycles. The molecule has 3 heteroatoms. The maximum Gasteiger partial charge on any atom is -1.00 e. The summed E-state index contributed by atoms with van der Waals surface area (Å²) in [4.78, 5) is 0. The summed E-state index contributed by atoms with van der Waals surface area (Å²) in [6.45, 7) is 21.7. The maximum absolute atomic E-state index is 3.13. The minimum Gasteiger partial charge on any atom is -1.00 e. The van der Waals surface area contributed by atoms with E-state index in [0.29, 0.717) is 9.54 Å².